The smallest absolute Gasteiger partial charge is 0.329 e. The van der Waals surface area contributed by atoms with Gasteiger partial charge in [0.2, 0.25) is 0 Å². The van der Waals surface area contributed by atoms with Gasteiger partial charge in [-0.05, 0) is 31.2 Å². The third kappa shape index (κ3) is 3.78. The van der Waals surface area contributed by atoms with E-state index in [1.165, 1.54) is 6.08 Å². The molecule has 0 saturated carbocycles. The number of hydrogen-bond donors (Lipinski definition) is 1. The summed E-state index contributed by atoms with van der Waals surface area (Å²) in [5.41, 5.74) is 0.805. The number of nitrogens with zero attached hydrogens (tertiary/aromatic N) is 1. The van der Waals surface area contributed by atoms with E-state index in [1.54, 1.807) is 37.3 Å². The minimum Gasteiger partial charge on any atom is -0.465 e. The molecular weight excluding hydrogens is 360 g/mol. The minimum absolute atomic E-state index is 0.0197. The molecule has 3 amide bonds. The van der Waals surface area contributed by atoms with E-state index in [1.807, 2.05) is 6.07 Å². The molecule has 0 aliphatic carbocycles. The van der Waals surface area contributed by atoms with Gasteiger partial charge in [0.25, 0.3) is 5.91 Å². The Labute approximate surface area is 154 Å². The van der Waals surface area contributed by atoms with Gasteiger partial charge in [-0.15, -0.1) is 0 Å². The Hall–Kier alpha value is -3.06. The van der Waals surface area contributed by atoms with Gasteiger partial charge >= 0.3 is 12.0 Å². The van der Waals surface area contributed by atoms with E-state index in [0.29, 0.717) is 16.5 Å². The molecule has 1 aromatic heterocycles. The van der Waals surface area contributed by atoms with Crippen molar-refractivity contribution in [1.29, 1.82) is 0 Å². The first-order valence-corrected chi connectivity index (χ1v) is 8.21. The molecule has 1 N–H and O–H groups in total. The molecule has 2 aromatic rings. The summed E-state index contributed by atoms with van der Waals surface area (Å²) in [6, 6.07) is 9.85. The Balaban J connectivity index is 1.77. The van der Waals surface area contributed by atoms with Gasteiger partial charge in [-0.1, -0.05) is 23.7 Å². The Morgan fingerprint density at radius 1 is 1.31 bits per heavy atom. The lowest BCUT2D eigenvalue weighted by Crippen LogP contribution is -2.36. The monoisotopic (exact) mass is 374 g/mol. The van der Waals surface area contributed by atoms with E-state index in [2.05, 4.69) is 5.32 Å². The molecule has 0 spiro atoms. The topological polar surface area (TPSA) is 88.8 Å². The lowest BCUT2D eigenvalue weighted by Gasteiger charge is -2.10. The number of hydrogen-bond acceptors (Lipinski definition) is 5. The van der Waals surface area contributed by atoms with Crippen LogP contribution in [0, 0.1) is 0 Å². The van der Waals surface area contributed by atoms with Crippen molar-refractivity contribution in [3.63, 3.8) is 0 Å². The molecule has 0 unspecified atom stereocenters. The molecule has 3 rings (SSSR count). The lowest BCUT2D eigenvalue weighted by molar-refractivity contribution is -0.145. The second kappa shape index (κ2) is 7.45. The van der Waals surface area contributed by atoms with Crippen molar-refractivity contribution in [1.82, 2.24) is 10.2 Å². The molecular formula is C18H15ClN2O5. The standard InChI is InChI=1S/C18H15ClN2O5/c1-2-25-16(22)10-21-17(23)14(20-18(21)24)9-13-6-7-15(26-13)11-4-3-5-12(19)8-11/h3-9H,2,10H2,1H3,(H,20,24)/b14-9-. The molecule has 0 radical (unpaired) electrons. The molecule has 7 nitrogen and oxygen atoms in total. The van der Waals surface area contributed by atoms with Gasteiger partial charge in [-0.3, -0.25) is 9.59 Å². The first kappa shape index (κ1) is 17.8. The number of esters is 1. The van der Waals surface area contributed by atoms with Crippen LogP contribution in [0.25, 0.3) is 17.4 Å². The number of carbonyl (C=O) groups excluding carboxylic acids is 3. The van der Waals surface area contributed by atoms with Gasteiger partial charge in [-0.2, -0.15) is 0 Å². The number of amides is 3. The summed E-state index contributed by atoms with van der Waals surface area (Å²) >= 11 is 5.97. The van der Waals surface area contributed by atoms with E-state index in [4.69, 9.17) is 20.8 Å². The van der Waals surface area contributed by atoms with Gasteiger partial charge in [-0.25, -0.2) is 9.69 Å². The predicted molar refractivity (Wildman–Crippen MR) is 94.0 cm³/mol. The quantitative estimate of drug-likeness (QED) is 0.493. The van der Waals surface area contributed by atoms with Crippen molar-refractivity contribution in [3.8, 4) is 11.3 Å². The van der Waals surface area contributed by atoms with Crippen LogP contribution < -0.4 is 5.32 Å². The number of halogens is 1. The molecule has 8 heteroatoms. The number of urea groups is 1. The largest absolute Gasteiger partial charge is 0.465 e. The number of ether oxygens (including phenoxy) is 1. The minimum atomic E-state index is -0.684. The summed E-state index contributed by atoms with van der Waals surface area (Å²) in [5, 5.41) is 2.99. The third-order valence-corrected chi connectivity index (χ3v) is 3.81. The Morgan fingerprint density at radius 3 is 2.85 bits per heavy atom. The lowest BCUT2D eigenvalue weighted by atomic mass is 10.2. The summed E-state index contributed by atoms with van der Waals surface area (Å²) in [4.78, 5) is 36.5. The maximum absolute atomic E-state index is 12.3. The predicted octanol–water partition coefficient (Wildman–Crippen LogP) is 3.06. The van der Waals surface area contributed by atoms with Crippen molar-refractivity contribution in [2.24, 2.45) is 0 Å². The van der Waals surface area contributed by atoms with Crippen LogP contribution >= 0.6 is 11.6 Å². The van der Waals surface area contributed by atoms with Crippen molar-refractivity contribution < 1.29 is 23.5 Å². The normalized spacial score (nSPS) is 15.5. The molecule has 1 aliphatic rings. The highest BCUT2D eigenvalue weighted by molar-refractivity contribution is 6.30. The number of benzene rings is 1. The summed E-state index contributed by atoms with van der Waals surface area (Å²) < 4.78 is 10.4. The van der Waals surface area contributed by atoms with E-state index in [0.717, 1.165) is 10.5 Å². The van der Waals surface area contributed by atoms with Crippen LogP contribution in [0.2, 0.25) is 5.02 Å². The van der Waals surface area contributed by atoms with E-state index >= 15 is 0 Å². The highest BCUT2D eigenvalue weighted by Gasteiger charge is 2.35. The van der Waals surface area contributed by atoms with Crippen LogP contribution in [0.5, 0.6) is 0 Å². The fourth-order valence-electron chi connectivity index (χ4n) is 2.42. The number of rotatable bonds is 5. The number of nitrogens with one attached hydrogen (secondary N) is 1. The Kier molecular flexibility index (Phi) is 5.09. The van der Waals surface area contributed by atoms with Gasteiger partial charge in [0.05, 0.1) is 6.61 Å². The molecule has 1 fully saturated rings. The van der Waals surface area contributed by atoms with E-state index in [9.17, 15) is 14.4 Å². The van der Waals surface area contributed by atoms with Crippen LogP contribution in [0.1, 0.15) is 12.7 Å². The Morgan fingerprint density at radius 2 is 2.12 bits per heavy atom. The first-order valence-electron chi connectivity index (χ1n) is 7.84. The average Bonchev–Trinajstić information content (AvgIpc) is 3.16. The van der Waals surface area contributed by atoms with Crippen LogP contribution in [-0.4, -0.2) is 36.0 Å². The number of imide groups is 1. The molecule has 1 aromatic carbocycles. The van der Waals surface area contributed by atoms with Crippen molar-refractivity contribution in [3.05, 3.63) is 52.9 Å². The fourth-order valence-corrected chi connectivity index (χ4v) is 2.61. The van der Waals surface area contributed by atoms with Gasteiger partial charge < -0.3 is 14.5 Å². The van der Waals surface area contributed by atoms with Crippen LogP contribution in [-0.2, 0) is 14.3 Å². The second-order valence-electron chi connectivity index (χ2n) is 5.40. The van der Waals surface area contributed by atoms with Crippen molar-refractivity contribution >= 4 is 35.6 Å². The zero-order valence-electron chi connectivity index (χ0n) is 13.8. The molecule has 2 heterocycles. The zero-order chi connectivity index (χ0) is 18.7. The summed E-state index contributed by atoms with van der Waals surface area (Å²) in [6.07, 6.45) is 1.40. The molecule has 0 atom stereocenters. The van der Waals surface area contributed by atoms with E-state index in [-0.39, 0.29) is 12.3 Å². The SMILES string of the molecule is CCOC(=O)CN1C(=O)N/C(=C\c2ccc(-c3cccc(Cl)c3)o2)C1=O. The molecule has 134 valence electrons. The molecule has 1 aliphatic heterocycles. The second-order valence-corrected chi connectivity index (χ2v) is 5.83. The highest BCUT2D eigenvalue weighted by atomic mass is 35.5. The van der Waals surface area contributed by atoms with E-state index < -0.39 is 24.5 Å². The molecule has 1 saturated heterocycles. The maximum atomic E-state index is 12.3. The summed E-state index contributed by atoms with van der Waals surface area (Å²) in [6.45, 7) is 1.37. The summed E-state index contributed by atoms with van der Waals surface area (Å²) in [5.74, 6) is -0.330. The highest BCUT2D eigenvalue weighted by Crippen LogP contribution is 2.26. The van der Waals surface area contributed by atoms with Gasteiger partial charge in [0.15, 0.2) is 0 Å². The molecule has 0 bridgehead atoms. The van der Waals surface area contributed by atoms with Crippen LogP contribution in [0.15, 0.2) is 46.5 Å². The maximum Gasteiger partial charge on any atom is 0.329 e. The number of carbonyl (C=O) groups is 3. The third-order valence-electron chi connectivity index (χ3n) is 3.58. The average molecular weight is 375 g/mol. The Bertz CT molecular complexity index is 902. The van der Waals surface area contributed by atoms with Gasteiger partial charge in [0.1, 0.15) is 23.8 Å². The fraction of sp³-hybridized carbons (Fsp3) is 0.167. The van der Waals surface area contributed by atoms with Crippen molar-refractivity contribution in [2.45, 2.75) is 6.92 Å². The summed E-state index contributed by atoms with van der Waals surface area (Å²) in [7, 11) is 0. The van der Waals surface area contributed by atoms with Crippen molar-refractivity contribution in [2.75, 3.05) is 13.2 Å². The van der Waals surface area contributed by atoms with Gasteiger partial charge in [0, 0.05) is 16.7 Å². The van der Waals surface area contributed by atoms with Crippen LogP contribution in [0.4, 0.5) is 4.79 Å². The first-order chi connectivity index (χ1) is 12.5. The zero-order valence-corrected chi connectivity index (χ0v) is 14.6. The van der Waals surface area contributed by atoms with Crippen LogP contribution in [0.3, 0.4) is 0 Å². The molecule has 26 heavy (non-hydrogen) atoms. The number of furan rings is 1.